The molecule has 1 aromatic rings. The fourth-order valence-electron chi connectivity index (χ4n) is 2.32. The Morgan fingerprint density at radius 3 is 3.09 bits per heavy atom. The fraction of sp³-hybridized carbons (Fsp3) is 0.400. The van der Waals surface area contributed by atoms with Crippen LogP contribution in [0.3, 0.4) is 0 Å². The van der Waals surface area contributed by atoms with E-state index in [1.165, 1.54) is 6.42 Å². The van der Waals surface area contributed by atoms with Gasteiger partial charge in [-0.05, 0) is 24.6 Å². The minimum atomic E-state index is 0.770. The van der Waals surface area contributed by atoms with E-state index in [2.05, 4.69) is 36.2 Å². The van der Waals surface area contributed by atoms with Crippen molar-refractivity contribution in [1.82, 2.24) is 4.90 Å². The summed E-state index contributed by atoms with van der Waals surface area (Å²) in [7, 11) is 2.21. The van der Waals surface area contributed by atoms with E-state index in [1.807, 2.05) is 0 Å². The summed E-state index contributed by atoms with van der Waals surface area (Å²) in [6.45, 7) is 0. The van der Waals surface area contributed by atoms with Crippen LogP contribution in [-0.4, -0.2) is 18.0 Å². The highest BCUT2D eigenvalue weighted by Crippen LogP contribution is 2.50. The highest BCUT2D eigenvalue weighted by molar-refractivity contribution is 5.42. The summed E-state index contributed by atoms with van der Waals surface area (Å²) < 4.78 is 0. The van der Waals surface area contributed by atoms with Crippen molar-refractivity contribution in [2.45, 2.75) is 18.5 Å². The molecule has 0 N–H and O–H groups in total. The molecule has 1 aliphatic carbocycles. The standard InChI is InChI=1S/C10H11N/c1-11-9-6-7-4-2-3-5-8(7)10(9)11/h2-5,9-10H,6H2,1H3. The Labute approximate surface area is 66.6 Å². The van der Waals surface area contributed by atoms with Gasteiger partial charge in [0.15, 0.2) is 0 Å². The summed E-state index contributed by atoms with van der Waals surface area (Å²) in [5.41, 5.74) is 3.14. The second kappa shape index (κ2) is 1.67. The van der Waals surface area contributed by atoms with Crippen LogP contribution < -0.4 is 0 Å². The van der Waals surface area contributed by atoms with E-state index in [9.17, 15) is 0 Å². The molecule has 0 saturated carbocycles. The lowest BCUT2D eigenvalue weighted by Crippen LogP contribution is -2.00. The molecule has 2 aliphatic rings. The summed E-state index contributed by atoms with van der Waals surface area (Å²) in [5, 5.41) is 0. The van der Waals surface area contributed by atoms with Gasteiger partial charge in [0, 0.05) is 6.04 Å². The Morgan fingerprint density at radius 1 is 1.36 bits per heavy atom. The van der Waals surface area contributed by atoms with Crippen LogP contribution in [0.25, 0.3) is 0 Å². The molecule has 56 valence electrons. The van der Waals surface area contributed by atoms with Crippen molar-refractivity contribution in [1.29, 1.82) is 0 Å². The van der Waals surface area contributed by atoms with Crippen LogP contribution in [0.2, 0.25) is 0 Å². The number of hydrogen-bond donors (Lipinski definition) is 0. The molecule has 11 heavy (non-hydrogen) atoms. The molecular formula is C10H11N. The van der Waals surface area contributed by atoms with E-state index in [1.54, 1.807) is 11.1 Å². The molecule has 0 amide bonds. The SMILES string of the molecule is CN1C2Cc3ccccc3C21. The minimum absolute atomic E-state index is 0.770. The van der Waals surface area contributed by atoms with E-state index in [0.29, 0.717) is 0 Å². The monoisotopic (exact) mass is 145 g/mol. The summed E-state index contributed by atoms with van der Waals surface area (Å²) in [6.07, 6.45) is 1.28. The van der Waals surface area contributed by atoms with Gasteiger partial charge >= 0.3 is 0 Å². The first-order valence-electron chi connectivity index (χ1n) is 4.17. The number of benzene rings is 1. The Hall–Kier alpha value is -0.820. The van der Waals surface area contributed by atoms with Crippen LogP contribution in [0, 0.1) is 0 Å². The maximum Gasteiger partial charge on any atom is 0.0510 e. The first-order chi connectivity index (χ1) is 5.38. The largest absolute Gasteiger partial charge is 0.293 e. The van der Waals surface area contributed by atoms with Gasteiger partial charge in [-0.1, -0.05) is 24.3 Å². The van der Waals surface area contributed by atoms with E-state index in [4.69, 9.17) is 0 Å². The predicted molar refractivity (Wildman–Crippen MR) is 44.4 cm³/mol. The number of nitrogens with zero attached hydrogens (tertiary/aromatic N) is 1. The summed E-state index contributed by atoms with van der Waals surface area (Å²) in [6, 6.07) is 10.4. The molecule has 0 spiro atoms. The van der Waals surface area contributed by atoms with Crippen LogP contribution in [-0.2, 0) is 6.42 Å². The molecule has 3 unspecified atom stereocenters. The lowest BCUT2D eigenvalue weighted by Gasteiger charge is -2.04. The molecule has 1 fully saturated rings. The van der Waals surface area contributed by atoms with Gasteiger partial charge in [-0.2, -0.15) is 0 Å². The molecule has 1 heterocycles. The summed E-state index contributed by atoms with van der Waals surface area (Å²) >= 11 is 0. The Morgan fingerprint density at radius 2 is 2.18 bits per heavy atom. The maximum atomic E-state index is 2.45. The van der Waals surface area contributed by atoms with Gasteiger partial charge in [-0.25, -0.2) is 0 Å². The van der Waals surface area contributed by atoms with Crippen LogP contribution in [0.1, 0.15) is 17.2 Å². The third-order valence-electron chi connectivity index (χ3n) is 3.04. The molecule has 0 radical (unpaired) electrons. The van der Waals surface area contributed by atoms with Gasteiger partial charge in [-0.15, -0.1) is 0 Å². The summed E-state index contributed by atoms with van der Waals surface area (Å²) in [5.74, 6) is 0. The van der Waals surface area contributed by atoms with Crippen molar-refractivity contribution < 1.29 is 0 Å². The quantitative estimate of drug-likeness (QED) is 0.501. The molecular weight excluding hydrogens is 134 g/mol. The first-order valence-corrected chi connectivity index (χ1v) is 4.17. The second-order valence-electron chi connectivity index (χ2n) is 3.58. The van der Waals surface area contributed by atoms with Crippen LogP contribution in [0.4, 0.5) is 0 Å². The zero-order valence-corrected chi connectivity index (χ0v) is 6.62. The molecule has 3 atom stereocenters. The molecule has 0 bridgehead atoms. The van der Waals surface area contributed by atoms with Crippen molar-refractivity contribution in [3.63, 3.8) is 0 Å². The van der Waals surface area contributed by atoms with Crippen molar-refractivity contribution in [2.24, 2.45) is 0 Å². The molecule has 0 aromatic heterocycles. The van der Waals surface area contributed by atoms with Crippen LogP contribution >= 0.6 is 0 Å². The second-order valence-corrected chi connectivity index (χ2v) is 3.58. The molecule has 1 aliphatic heterocycles. The molecule has 1 saturated heterocycles. The Bertz CT molecular complexity index is 305. The Kier molecular flexibility index (Phi) is 0.878. The van der Waals surface area contributed by atoms with Crippen molar-refractivity contribution in [3.8, 4) is 0 Å². The average Bonchev–Trinajstić information content (AvgIpc) is 2.55. The Balaban J connectivity index is 2.13. The minimum Gasteiger partial charge on any atom is -0.293 e. The van der Waals surface area contributed by atoms with E-state index in [0.717, 1.165) is 12.1 Å². The van der Waals surface area contributed by atoms with Gasteiger partial charge in [0.05, 0.1) is 6.04 Å². The molecule has 1 aromatic carbocycles. The lowest BCUT2D eigenvalue weighted by atomic mass is 10.1. The zero-order chi connectivity index (χ0) is 7.42. The predicted octanol–water partition coefficient (Wildman–Crippen LogP) is 1.60. The highest BCUT2D eigenvalue weighted by atomic mass is 15.3. The van der Waals surface area contributed by atoms with Gasteiger partial charge in [-0.3, -0.25) is 4.90 Å². The van der Waals surface area contributed by atoms with Gasteiger partial charge in [0.1, 0.15) is 0 Å². The van der Waals surface area contributed by atoms with Crippen molar-refractivity contribution in [3.05, 3.63) is 35.4 Å². The number of likely N-dealkylation sites (N-methyl/N-ethyl adjacent to an activating group) is 1. The van der Waals surface area contributed by atoms with Gasteiger partial charge in [0.25, 0.3) is 0 Å². The first kappa shape index (κ1) is 5.78. The normalized spacial score (nSPS) is 38.1. The summed E-state index contributed by atoms with van der Waals surface area (Å²) in [4.78, 5) is 2.45. The van der Waals surface area contributed by atoms with Crippen molar-refractivity contribution >= 4 is 0 Å². The zero-order valence-electron chi connectivity index (χ0n) is 6.62. The van der Waals surface area contributed by atoms with E-state index < -0.39 is 0 Å². The highest BCUT2D eigenvalue weighted by Gasteiger charge is 2.50. The third kappa shape index (κ3) is 0.596. The molecule has 1 nitrogen and oxygen atoms in total. The molecule has 3 rings (SSSR count). The van der Waals surface area contributed by atoms with Gasteiger partial charge in [0.2, 0.25) is 0 Å². The van der Waals surface area contributed by atoms with E-state index in [-0.39, 0.29) is 0 Å². The number of rotatable bonds is 0. The van der Waals surface area contributed by atoms with E-state index >= 15 is 0 Å². The van der Waals surface area contributed by atoms with Crippen molar-refractivity contribution in [2.75, 3.05) is 7.05 Å². The van der Waals surface area contributed by atoms with Crippen LogP contribution in [0.5, 0.6) is 0 Å². The average molecular weight is 145 g/mol. The lowest BCUT2D eigenvalue weighted by molar-refractivity contribution is 0.568. The topological polar surface area (TPSA) is 3.01 Å². The molecule has 1 heteroatoms. The maximum absolute atomic E-state index is 2.45. The number of hydrogen-bond acceptors (Lipinski definition) is 1. The smallest absolute Gasteiger partial charge is 0.0510 e. The fourth-order valence-corrected chi connectivity index (χ4v) is 2.32. The number of fused-ring (bicyclic) bond motifs is 3. The third-order valence-corrected chi connectivity index (χ3v) is 3.04. The van der Waals surface area contributed by atoms with Gasteiger partial charge < -0.3 is 0 Å². The van der Waals surface area contributed by atoms with Crippen LogP contribution in [0.15, 0.2) is 24.3 Å².